The van der Waals surface area contributed by atoms with E-state index < -0.39 is 0 Å². The van der Waals surface area contributed by atoms with Crippen LogP contribution in [0, 0.1) is 11.3 Å². The Morgan fingerprint density at radius 2 is 2.18 bits per heavy atom. The second-order valence-electron chi connectivity index (χ2n) is 4.51. The van der Waals surface area contributed by atoms with Gasteiger partial charge in [0.05, 0.1) is 0 Å². The summed E-state index contributed by atoms with van der Waals surface area (Å²) in [6.07, 6.45) is 6.56. The Morgan fingerprint density at radius 1 is 1.35 bits per heavy atom. The zero-order valence-electron chi connectivity index (χ0n) is 10.8. The number of hydrogen-bond donors (Lipinski definition) is 1. The Kier molecular flexibility index (Phi) is 6.91. The molecule has 0 aromatic carbocycles. The minimum atomic E-state index is 0.569. The van der Waals surface area contributed by atoms with E-state index in [1.807, 2.05) is 12.1 Å². The molecule has 0 aliphatic carbocycles. The van der Waals surface area contributed by atoms with E-state index in [0.717, 1.165) is 11.4 Å². The molecule has 1 N–H and O–H groups in total. The maximum absolute atomic E-state index is 8.73. The number of nitriles is 1. The van der Waals surface area contributed by atoms with Crippen LogP contribution in [0.2, 0.25) is 0 Å². The number of unbranched alkanes of at least 4 members (excludes halogenated alkanes) is 3. The first-order valence-corrected chi connectivity index (χ1v) is 7.30. The third-order valence-electron chi connectivity index (χ3n) is 2.89. The third kappa shape index (κ3) is 5.86. The average molecular weight is 250 g/mol. The minimum absolute atomic E-state index is 0.569. The summed E-state index contributed by atoms with van der Waals surface area (Å²) in [6, 6.07) is 6.68. The maximum Gasteiger partial charge on any atom is 0.110 e. The van der Waals surface area contributed by atoms with Crippen molar-refractivity contribution in [3.05, 3.63) is 21.9 Å². The molecule has 0 bridgehead atoms. The molecule has 0 spiro atoms. The standard InChI is InChI=1S/C14H22N2S/c1-3-4-5-6-7-12(2)16-11-14-9-8-13(10-15)17-14/h8-9,12,16H,3-7,11H2,1-2H3. The molecule has 0 radical (unpaired) electrons. The Bertz CT molecular complexity index is 351. The van der Waals surface area contributed by atoms with Crippen LogP contribution in [0.3, 0.4) is 0 Å². The van der Waals surface area contributed by atoms with Crippen LogP contribution in [0.5, 0.6) is 0 Å². The maximum atomic E-state index is 8.73. The Hall–Kier alpha value is -0.850. The lowest BCUT2D eigenvalue weighted by Crippen LogP contribution is -2.24. The van der Waals surface area contributed by atoms with Gasteiger partial charge in [-0.25, -0.2) is 0 Å². The lowest BCUT2D eigenvalue weighted by Gasteiger charge is -2.12. The lowest BCUT2D eigenvalue weighted by atomic mass is 10.1. The molecule has 1 atom stereocenters. The van der Waals surface area contributed by atoms with E-state index in [0.29, 0.717) is 6.04 Å². The normalized spacial score (nSPS) is 12.3. The molecule has 17 heavy (non-hydrogen) atoms. The Morgan fingerprint density at radius 3 is 2.82 bits per heavy atom. The molecule has 0 aliphatic rings. The molecule has 0 fully saturated rings. The van der Waals surface area contributed by atoms with Crippen molar-refractivity contribution < 1.29 is 0 Å². The zero-order chi connectivity index (χ0) is 12.5. The fraction of sp³-hybridized carbons (Fsp3) is 0.643. The molecule has 94 valence electrons. The fourth-order valence-electron chi connectivity index (χ4n) is 1.79. The quantitative estimate of drug-likeness (QED) is 0.706. The monoisotopic (exact) mass is 250 g/mol. The summed E-state index contributed by atoms with van der Waals surface area (Å²) in [4.78, 5) is 2.05. The van der Waals surface area contributed by atoms with Crippen molar-refractivity contribution in [1.29, 1.82) is 5.26 Å². The molecule has 1 aromatic rings. The summed E-state index contributed by atoms with van der Waals surface area (Å²) in [5.74, 6) is 0. The van der Waals surface area contributed by atoms with Gasteiger partial charge in [-0.15, -0.1) is 11.3 Å². The zero-order valence-corrected chi connectivity index (χ0v) is 11.6. The van der Waals surface area contributed by atoms with Crippen molar-refractivity contribution in [3.8, 4) is 6.07 Å². The topological polar surface area (TPSA) is 35.8 Å². The molecule has 1 rings (SSSR count). The van der Waals surface area contributed by atoms with Gasteiger partial charge in [0, 0.05) is 17.5 Å². The van der Waals surface area contributed by atoms with Gasteiger partial charge in [0.25, 0.3) is 0 Å². The van der Waals surface area contributed by atoms with Crippen molar-refractivity contribution in [3.63, 3.8) is 0 Å². The molecule has 0 saturated carbocycles. The Labute approximate surface area is 109 Å². The lowest BCUT2D eigenvalue weighted by molar-refractivity contribution is 0.484. The van der Waals surface area contributed by atoms with Gasteiger partial charge in [-0.3, -0.25) is 0 Å². The summed E-state index contributed by atoms with van der Waals surface area (Å²) in [5.41, 5.74) is 0. The van der Waals surface area contributed by atoms with Crippen LogP contribution in [0.4, 0.5) is 0 Å². The average Bonchev–Trinajstić information content (AvgIpc) is 2.80. The molecule has 2 nitrogen and oxygen atoms in total. The van der Waals surface area contributed by atoms with Crippen LogP contribution in [0.25, 0.3) is 0 Å². The van der Waals surface area contributed by atoms with Gasteiger partial charge in [0.1, 0.15) is 10.9 Å². The van der Waals surface area contributed by atoms with E-state index in [9.17, 15) is 0 Å². The van der Waals surface area contributed by atoms with E-state index in [-0.39, 0.29) is 0 Å². The Balaban J connectivity index is 2.15. The molecule has 0 saturated heterocycles. The number of hydrogen-bond acceptors (Lipinski definition) is 3. The van der Waals surface area contributed by atoms with Gasteiger partial charge in [0.15, 0.2) is 0 Å². The second-order valence-corrected chi connectivity index (χ2v) is 5.68. The molecule has 1 unspecified atom stereocenters. The smallest absolute Gasteiger partial charge is 0.110 e. The van der Waals surface area contributed by atoms with E-state index in [4.69, 9.17) is 5.26 Å². The van der Waals surface area contributed by atoms with Crippen molar-refractivity contribution in [2.75, 3.05) is 0 Å². The highest BCUT2D eigenvalue weighted by atomic mass is 32.1. The van der Waals surface area contributed by atoms with Gasteiger partial charge >= 0.3 is 0 Å². The summed E-state index contributed by atoms with van der Waals surface area (Å²) in [5, 5.41) is 12.2. The number of rotatable bonds is 8. The fourth-order valence-corrected chi connectivity index (χ4v) is 2.54. The second kappa shape index (κ2) is 8.27. The molecule has 3 heteroatoms. The van der Waals surface area contributed by atoms with Crippen LogP contribution < -0.4 is 5.32 Å². The highest BCUT2D eigenvalue weighted by Crippen LogP contribution is 2.15. The number of nitrogens with zero attached hydrogens (tertiary/aromatic N) is 1. The summed E-state index contributed by atoms with van der Waals surface area (Å²) in [7, 11) is 0. The first-order chi connectivity index (χ1) is 8.26. The van der Waals surface area contributed by atoms with Crippen LogP contribution in [0.1, 0.15) is 55.7 Å². The highest BCUT2D eigenvalue weighted by molar-refractivity contribution is 7.12. The van der Waals surface area contributed by atoms with Crippen molar-refractivity contribution in [2.45, 2.75) is 58.5 Å². The van der Waals surface area contributed by atoms with Gasteiger partial charge < -0.3 is 5.32 Å². The predicted octanol–water partition coefficient (Wildman–Crippen LogP) is 4.07. The molecule has 1 aromatic heterocycles. The van der Waals surface area contributed by atoms with Crippen LogP contribution in [-0.4, -0.2) is 6.04 Å². The summed E-state index contributed by atoms with van der Waals surface area (Å²) < 4.78 is 0. The van der Waals surface area contributed by atoms with Gasteiger partial charge in [-0.05, 0) is 25.5 Å². The minimum Gasteiger partial charge on any atom is -0.309 e. The number of nitrogens with one attached hydrogen (secondary N) is 1. The summed E-state index contributed by atoms with van der Waals surface area (Å²) in [6.45, 7) is 5.37. The molecule has 0 aliphatic heterocycles. The van der Waals surface area contributed by atoms with Crippen LogP contribution >= 0.6 is 11.3 Å². The van der Waals surface area contributed by atoms with Crippen molar-refractivity contribution in [1.82, 2.24) is 5.32 Å². The predicted molar refractivity (Wildman–Crippen MR) is 74.1 cm³/mol. The summed E-state index contributed by atoms with van der Waals surface area (Å²) >= 11 is 1.58. The van der Waals surface area contributed by atoms with Gasteiger partial charge in [0.2, 0.25) is 0 Å². The highest BCUT2D eigenvalue weighted by Gasteiger charge is 2.03. The third-order valence-corrected chi connectivity index (χ3v) is 3.88. The molecule has 1 heterocycles. The van der Waals surface area contributed by atoms with Crippen molar-refractivity contribution >= 4 is 11.3 Å². The first kappa shape index (κ1) is 14.2. The van der Waals surface area contributed by atoms with Crippen LogP contribution in [-0.2, 0) is 6.54 Å². The van der Waals surface area contributed by atoms with E-state index in [1.54, 1.807) is 11.3 Å². The molecule has 0 amide bonds. The van der Waals surface area contributed by atoms with Gasteiger partial charge in [-0.2, -0.15) is 5.26 Å². The van der Waals surface area contributed by atoms with E-state index in [2.05, 4.69) is 25.2 Å². The van der Waals surface area contributed by atoms with Crippen molar-refractivity contribution in [2.24, 2.45) is 0 Å². The van der Waals surface area contributed by atoms with Crippen LogP contribution in [0.15, 0.2) is 12.1 Å². The molecular formula is C14H22N2S. The number of thiophene rings is 1. The largest absolute Gasteiger partial charge is 0.309 e. The van der Waals surface area contributed by atoms with E-state index >= 15 is 0 Å². The SMILES string of the molecule is CCCCCCC(C)NCc1ccc(C#N)s1. The first-order valence-electron chi connectivity index (χ1n) is 6.48. The van der Waals surface area contributed by atoms with Gasteiger partial charge in [-0.1, -0.05) is 32.6 Å². The molecular weight excluding hydrogens is 228 g/mol. The van der Waals surface area contributed by atoms with E-state index in [1.165, 1.54) is 37.0 Å².